The van der Waals surface area contributed by atoms with Crippen molar-refractivity contribution >= 4 is 5.91 Å². The van der Waals surface area contributed by atoms with Gasteiger partial charge < -0.3 is 10.2 Å². The molecule has 2 saturated heterocycles. The third-order valence-electron chi connectivity index (χ3n) is 5.87. The predicted molar refractivity (Wildman–Crippen MR) is 97.5 cm³/mol. The lowest BCUT2D eigenvalue weighted by Gasteiger charge is -2.39. The third-order valence-corrected chi connectivity index (χ3v) is 5.87. The highest BCUT2D eigenvalue weighted by Crippen LogP contribution is 2.39. The molecule has 1 amide bonds. The van der Waals surface area contributed by atoms with E-state index in [9.17, 15) is 4.79 Å². The number of benzene rings is 1. The Morgan fingerprint density at radius 1 is 1.19 bits per heavy atom. The van der Waals surface area contributed by atoms with Crippen LogP contribution in [0.3, 0.4) is 0 Å². The number of aryl methyl sites for hydroxylation is 2. The van der Waals surface area contributed by atoms with Gasteiger partial charge in [0.2, 0.25) is 5.91 Å². The number of nitrogens with one attached hydrogen (secondary N) is 1. The first-order chi connectivity index (χ1) is 12.7. The van der Waals surface area contributed by atoms with Crippen LogP contribution in [-0.4, -0.2) is 56.2 Å². The number of piperidine rings is 1. The van der Waals surface area contributed by atoms with Gasteiger partial charge >= 0.3 is 0 Å². The molecule has 0 saturated carbocycles. The van der Waals surface area contributed by atoms with Crippen molar-refractivity contribution in [2.45, 2.75) is 50.6 Å². The zero-order valence-corrected chi connectivity index (χ0v) is 15.3. The number of carbonyl (C=O) groups is 1. The summed E-state index contributed by atoms with van der Waals surface area (Å²) in [5.74, 6) is 1.06. The molecule has 0 bridgehead atoms. The predicted octanol–water partition coefficient (Wildman–Crippen LogP) is 1.51. The monoisotopic (exact) mass is 354 g/mol. The first kappa shape index (κ1) is 17.1. The number of hydrogen-bond acceptors (Lipinski definition) is 5. The van der Waals surface area contributed by atoms with Gasteiger partial charge in [0.1, 0.15) is 5.82 Å². The molecule has 4 rings (SSSR count). The van der Waals surface area contributed by atoms with Crippen molar-refractivity contribution in [1.82, 2.24) is 30.4 Å². The minimum absolute atomic E-state index is 0.00513. The number of likely N-dealkylation sites (tertiary alicyclic amines) is 1. The summed E-state index contributed by atoms with van der Waals surface area (Å²) in [7, 11) is 0. The molecule has 2 aliphatic heterocycles. The number of carbonyl (C=O) groups excluding carboxylic acids is 1. The van der Waals surface area contributed by atoms with Crippen LogP contribution in [0.1, 0.15) is 43.0 Å². The van der Waals surface area contributed by atoms with Gasteiger partial charge in [-0.1, -0.05) is 30.3 Å². The second-order valence-electron chi connectivity index (χ2n) is 7.58. The Kier molecular flexibility index (Phi) is 4.72. The quantitative estimate of drug-likeness (QED) is 0.881. The van der Waals surface area contributed by atoms with Crippen LogP contribution in [-0.2, 0) is 11.3 Å². The van der Waals surface area contributed by atoms with Crippen molar-refractivity contribution < 1.29 is 4.79 Å². The van der Waals surface area contributed by atoms with Crippen LogP contribution in [0.5, 0.6) is 0 Å². The summed E-state index contributed by atoms with van der Waals surface area (Å²) < 4.78 is 1.85. The van der Waals surface area contributed by atoms with Crippen molar-refractivity contribution in [1.29, 1.82) is 0 Å². The Balaban J connectivity index is 1.28. The Bertz CT molecular complexity index is 750. The molecule has 26 heavy (non-hydrogen) atoms. The van der Waals surface area contributed by atoms with Crippen LogP contribution in [0, 0.1) is 6.92 Å². The second-order valence-corrected chi connectivity index (χ2v) is 7.58. The molecular formula is C19H26N6O. The molecule has 0 unspecified atom stereocenters. The lowest BCUT2D eigenvalue weighted by Crippen LogP contribution is -2.51. The lowest BCUT2D eigenvalue weighted by molar-refractivity contribution is -0.121. The van der Waals surface area contributed by atoms with E-state index >= 15 is 0 Å². The molecule has 3 heterocycles. The van der Waals surface area contributed by atoms with Gasteiger partial charge in [0.05, 0.1) is 5.92 Å². The lowest BCUT2D eigenvalue weighted by atomic mass is 9.82. The summed E-state index contributed by atoms with van der Waals surface area (Å²) in [5.41, 5.74) is 1.13. The van der Waals surface area contributed by atoms with E-state index in [0.29, 0.717) is 0 Å². The fourth-order valence-corrected chi connectivity index (χ4v) is 4.27. The number of amides is 1. The number of rotatable bonds is 5. The normalized spacial score (nSPS) is 22.7. The van der Waals surface area contributed by atoms with E-state index in [-0.39, 0.29) is 17.4 Å². The van der Waals surface area contributed by atoms with Crippen LogP contribution in [0.4, 0.5) is 0 Å². The average Bonchev–Trinajstić information content (AvgIpc) is 3.21. The number of hydrogen-bond donors (Lipinski definition) is 1. The summed E-state index contributed by atoms with van der Waals surface area (Å²) in [6.45, 7) is 5.90. The first-order valence-electron chi connectivity index (χ1n) is 9.47. The molecule has 1 aromatic carbocycles. The Morgan fingerprint density at radius 2 is 1.96 bits per heavy atom. The van der Waals surface area contributed by atoms with Gasteiger partial charge in [-0.05, 0) is 55.1 Å². The number of aromatic nitrogens is 4. The summed E-state index contributed by atoms with van der Waals surface area (Å²) in [6.07, 6.45) is 4.03. The summed E-state index contributed by atoms with van der Waals surface area (Å²) in [4.78, 5) is 15.0. The highest BCUT2D eigenvalue weighted by molar-refractivity contribution is 5.87. The second kappa shape index (κ2) is 7.15. The van der Waals surface area contributed by atoms with Crippen molar-refractivity contribution in [2.24, 2.45) is 0 Å². The van der Waals surface area contributed by atoms with E-state index in [0.717, 1.165) is 63.3 Å². The largest absolute Gasteiger partial charge is 0.350 e. The molecule has 2 fully saturated rings. The summed E-state index contributed by atoms with van der Waals surface area (Å²) in [5, 5.41) is 14.9. The maximum atomic E-state index is 12.5. The maximum Gasteiger partial charge on any atom is 0.228 e. The molecule has 0 radical (unpaired) electrons. The standard InChI is InChI=1S/C19H26N6O/c1-15-21-22-23-25(15)11-5-10-24-12-8-19(9-13-24)14-17(18(26)20-19)16-6-3-2-4-7-16/h2-4,6-7,17H,5,8-14H2,1H3,(H,20,26)/t17-/m1/s1. The highest BCUT2D eigenvalue weighted by atomic mass is 16.2. The summed E-state index contributed by atoms with van der Waals surface area (Å²) >= 11 is 0. The first-order valence-corrected chi connectivity index (χ1v) is 9.47. The third kappa shape index (κ3) is 3.49. The zero-order chi connectivity index (χ0) is 18.0. The molecule has 1 spiro atoms. The topological polar surface area (TPSA) is 75.9 Å². The molecule has 2 aromatic rings. The van der Waals surface area contributed by atoms with Crippen LogP contribution in [0.25, 0.3) is 0 Å². The molecular weight excluding hydrogens is 328 g/mol. The Morgan fingerprint density at radius 3 is 2.65 bits per heavy atom. The molecule has 1 aromatic heterocycles. The van der Waals surface area contributed by atoms with Gasteiger partial charge in [0.25, 0.3) is 0 Å². The smallest absolute Gasteiger partial charge is 0.228 e. The highest BCUT2D eigenvalue weighted by Gasteiger charge is 2.45. The Labute approximate surface area is 153 Å². The Hall–Kier alpha value is -2.28. The van der Waals surface area contributed by atoms with Crippen molar-refractivity contribution in [3.63, 3.8) is 0 Å². The van der Waals surface area contributed by atoms with Gasteiger partial charge in [0, 0.05) is 25.2 Å². The zero-order valence-electron chi connectivity index (χ0n) is 15.3. The van der Waals surface area contributed by atoms with Gasteiger partial charge in [0.15, 0.2) is 0 Å². The van der Waals surface area contributed by atoms with E-state index in [4.69, 9.17) is 0 Å². The molecule has 2 aliphatic rings. The van der Waals surface area contributed by atoms with Gasteiger partial charge in [-0.3, -0.25) is 4.79 Å². The van der Waals surface area contributed by atoms with Crippen LogP contribution in [0.2, 0.25) is 0 Å². The fourth-order valence-electron chi connectivity index (χ4n) is 4.27. The van der Waals surface area contributed by atoms with Crippen molar-refractivity contribution in [3.05, 3.63) is 41.7 Å². The van der Waals surface area contributed by atoms with Crippen LogP contribution in [0.15, 0.2) is 30.3 Å². The van der Waals surface area contributed by atoms with Gasteiger partial charge in [-0.15, -0.1) is 5.10 Å². The average molecular weight is 354 g/mol. The summed E-state index contributed by atoms with van der Waals surface area (Å²) in [6, 6.07) is 10.2. The molecule has 7 nitrogen and oxygen atoms in total. The maximum absolute atomic E-state index is 12.5. The van der Waals surface area contributed by atoms with E-state index in [1.54, 1.807) is 0 Å². The van der Waals surface area contributed by atoms with Crippen LogP contribution >= 0.6 is 0 Å². The van der Waals surface area contributed by atoms with Crippen molar-refractivity contribution in [2.75, 3.05) is 19.6 Å². The molecule has 1 atom stereocenters. The minimum Gasteiger partial charge on any atom is -0.350 e. The van der Waals surface area contributed by atoms with E-state index in [2.05, 4.69) is 37.9 Å². The van der Waals surface area contributed by atoms with Gasteiger partial charge in [-0.2, -0.15) is 0 Å². The molecule has 7 heteroatoms. The fraction of sp³-hybridized carbons (Fsp3) is 0.579. The minimum atomic E-state index is -0.0134. The van der Waals surface area contributed by atoms with E-state index in [1.807, 2.05) is 29.8 Å². The van der Waals surface area contributed by atoms with Crippen molar-refractivity contribution in [3.8, 4) is 0 Å². The SMILES string of the molecule is Cc1nnnn1CCCN1CCC2(CC1)C[C@H](c1ccccc1)C(=O)N2. The molecule has 138 valence electrons. The number of tetrazole rings is 1. The van der Waals surface area contributed by atoms with E-state index in [1.165, 1.54) is 0 Å². The number of nitrogens with zero attached hydrogens (tertiary/aromatic N) is 5. The van der Waals surface area contributed by atoms with Crippen LogP contribution < -0.4 is 5.32 Å². The van der Waals surface area contributed by atoms with Gasteiger partial charge in [-0.25, -0.2) is 4.68 Å². The molecule has 1 N–H and O–H groups in total. The molecule has 0 aliphatic carbocycles. The van der Waals surface area contributed by atoms with E-state index < -0.39 is 0 Å².